The Kier molecular flexibility index (Phi) is 24.2. The van der Waals surface area contributed by atoms with Crippen LogP contribution in [0.3, 0.4) is 0 Å². The van der Waals surface area contributed by atoms with Crippen molar-refractivity contribution in [1.82, 2.24) is 0 Å². The van der Waals surface area contributed by atoms with E-state index in [-0.39, 0.29) is 34.1 Å². The Morgan fingerprint density at radius 2 is 1.22 bits per heavy atom. The third-order valence-corrected chi connectivity index (χ3v) is 1.97. The number of carbonyl (C=O) groups is 2. The number of hydrogen-bond donors (Lipinski definition) is 1. The van der Waals surface area contributed by atoms with Crippen LogP contribution in [0.25, 0.3) is 0 Å². The third kappa shape index (κ3) is 15.3. The Morgan fingerprint density at radius 1 is 0.944 bits per heavy atom. The maximum atomic E-state index is 10.4. The Bertz CT molecular complexity index is 184. The molecule has 3 nitrogen and oxygen atoms in total. The number of aliphatic hydroxyl groups excluding tert-OH is 1. The standard InChI is InChI=1S/C8H16O2.C4H8O.3CH4/c1-6(2)7(10)8(3,4)5-9;1-4(2)3-5;;;/h5-7,10H,1-4H3;3-4H,1-2H3;3*1H4. The average molecular weight is 264 g/mol. The van der Waals surface area contributed by atoms with E-state index in [0.717, 1.165) is 12.6 Å². The second kappa shape index (κ2) is 14.4. The Morgan fingerprint density at radius 3 is 1.28 bits per heavy atom. The fourth-order valence-corrected chi connectivity index (χ4v) is 0.929. The molecule has 0 aliphatic heterocycles. The van der Waals surface area contributed by atoms with Crippen LogP contribution in [0.4, 0.5) is 0 Å². The minimum absolute atomic E-state index is 0. The molecule has 0 bridgehead atoms. The molecule has 1 atom stereocenters. The minimum atomic E-state index is -0.603. The van der Waals surface area contributed by atoms with Crippen molar-refractivity contribution in [3.05, 3.63) is 0 Å². The van der Waals surface area contributed by atoms with Crippen molar-refractivity contribution in [2.24, 2.45) is 17.3 Å². The first-order valence-electron chi connectivity index (χ1n) is 5.28. The average Bonchev–Trinajstić information content (AvgIpc) is 2.17. The maximum absolute atomic E-state index is 10.4. The van der Waals surface area contributed by atoms with Gasteiger partial charge in [-0.25, -0.2) is 0 Å². The quantitative estimate of drug-likeness (QED) is 0.781. The van der Waals surface area contributed by atoms with E-state index in [1.165, 1.54) is 0 Å². The van der Waals surface area contributed by atoms with Crippen LogP contribution in [0.2, 0.25) is 0 Å². The minimum Gasteiger partial charge on any atom is -0.392 e. The van der Waals surface area contributed by atoms with Crippen molar-refractivity contribution in [1.29, 1.82) is 0 Å². The molecule has 0 rings (SSSR count). The molecule has 0 aliphatic rings. The van der Waals surface area contributed by atoms with Crippen LogP contribution < -0.4 is 0 Å². The van der Waals surface area contributed by atoms with Gasteiger partial charge in [0, 0.05) is 11.3 Å². The molecule has 0 radical (unpaired) electrons. The summed E-state index contributed by atoms with van der Waals surface area (Å²) >= 11 is 0. The summed E-state index contributed by atoms with van der Waals surface area (Å²) in [6, 6.07) is 0. The number of aldehydes is 2. The first kappa shape index (κ1) is 30.4. The monoisotopic (exact) mass is 264 g/mol. The summed E-state index contributed by atoms with van der Waals surface area (Å²) in [7, 11) is 0. The van der Waals surface area contributed by atoms with Gasteiger partial charge in [-0.2, -0.15) is 0 Å². The van der Waals surface area contributed by atoms with Gasteiger partial charge in [0.05, 0.1) is 6.10 Å². The van der Waals surface area contributed by atoms with E-state index in [0.29, 0.717) is 0 Å². The predicted octanol–water partition coefficient (Wildman–Crippen LogP) is 3.98. The Hall–Kier alpha value is -0.700. The van der Waals surface area contributed by atoms with Crippen LogP contribution >= 0.6 is 0 Å². The van der Waals surface area contributed by atoms with E-state index >= 15 is 0 Å². The first-order chi connectivity index (χ1) is 6.68. The molecule has 0 aromatic rings. The Balaban J connectivity index is -0.0000000621. The molecule has 0 aromatic carbocycles. The summed E-state index contributed by atoms with van der Waals surface area (Å²) in [6.07, 6.45) is 1.18. The van der Waals surface area contributed by atoms with Crippen LogP contribution in [0.5, 0.6) is 0 Å². The van der Waals surface area contributed by atoms with E-state index in [4.69, 9.17) is 0 Å². The zero-order valence-electron chi connectivity index (χ0n) is 10.7. The van der Waals surface area contributed by atoms with Gasteiger partial charge in [-0.3, -0.25) is 0 Å². The van der Waals surface area contributed by atoms with Gasteiger partial charge in [0.2, 0.25) is 0 Å². The van der Waals surface area contributed by atoms with Crippen molar-refractivity contribution >= 4 is 12.6 Å². The second-order valence-electron chi connectivity index (χ2n) is 5.01. The molecule has 1 N–H and O–H groups in total. The molecule has 3 heteroatoms. The third-order valence-electron chi connectivity index (χ3n) is 1.97. The van der Waals surface area contributed by atoms with E-state index in [1.54, 1.807) is 13.8 Å². The maximum Gasteiger partial charge on any atom is 0.128 e. The summed E-state index contributed by atoms with van der Waals surface area (Å²) < 4.78 is 0. The molecule has 1 unspecified atom stereocenters. The van der Waals surface area contributed by atoms with Crippen LogP contribution in [-0.2, 0) is 9.59 Å². The molecule has 0 amide bonds. The molecule has 0 aromatic heterocycles. The molecule has 0 aliphatic carbocycles. The molecule has 18 heavy (non-hydrogen) atoms. The van der Waals surface area contributed by atoms with E-state index in [9.17, 15) is 14.7 Å². The highest BCUT2D eigenvalue weighted by Crippen LogP contribution is 2.22. The smallest absolute Gasteiger partial charge is 0.128 e. The largest absolute Gasteiger partial charge is 0.392 e. The molecular formula is C15H36O3. The molecule has 0 fully saturated rings. The van der Waals surface area contributed by atoms with Gasteiger partial charge in [-0.1, -0.05) is 63.8 Å². The lowest BCUT2D eigenvalue weighted by molar-refractivity contribution is -0.121. The molecule has 0 spiro atoms. The number of hydrogen-bond acceptors (Lipinski definition) is 3. The fraction of sp³-hybridized carbons (Fsp3) is 0.867. The van der Waals surface area contributed by atoms with E-state index < -0.39 is 11.5 Å². The summed E-state index contributed by atoms with van der Waals surface area (Å²) in [5, 5.41) is 9.42. The number of carbonyl (C=O) groups excluding carboxylic acids is 2. The highest BCUT2D eigenvalue weighted by Gasteiger charge is 2.29. The molecule has 0 saturated heterocycles. The van der Waals surface area contributed by atoms with Gasteiger partial charge >= 0.3 is 0 Å². The lowest BCUT2D eigenvalue weighted by Crippen LogP contribution is -2.34. The molecular weight excluding hydrogens is 228 g/mol. The second-order valence-corrected chi connectivity index (χ2v) is 5.01. The van der Waals surface area contributed by atoms with Crippen molar-refractivity contribution in [3.8, 4) is 0 Å². The first-order valence-corrected chi connectivity index (χ1v) is 5.28. The molecule has 114 valence electrons. The van der Waals surface area contributed by atoms with Gasteiger partial charge in [-0.05, 0) is 5.92 Å². The summed E-state index contributed by atoms with van der Waals surface area (Å²) in [5.41, 5.74) is -0.603. The van der Waals surface area contributed by atoms with Crippen LogP contribution in [-0.4, -0.2) is 23.8 Å². The SMILES string of the molecule is C.C.C.CC(C)C(O)C(C)(C)C=O.CC(C)C=O. The lowest BCUT2D eigenvalue weighted by atomic mass is 9.82. The normalized spacial score (nSPS) is 10.9. The topological polar surface area (TPSA) is 54.4 Å². The zero-order valence-corrected chi connectivity index (χ0v) is 10.7. The van der Waals surface area contributed by atoms with Crippen molar-refractivity contribution in [3.63, 3.8) is 0 Å². The molecule has 0 heterocycles. The van der Waals surface area contributed by atoms with Gasteiger partial charge < -0.3 is 14.7 Å². The van der Waals surface area contributed by atoms with Crippen molar-refractivity contribution in [2.45, 2.75) is 69.9 Å². The summed E-state index contributed by atoms with van der Waals surface area (Å²) in [4.78, 5) is 19.9. The van der Waals surface area contributed by atoms with Gasteiger partial charge in [0.1, 0.15) is 12.6 Å². The number of aliphatic hydroxyl groups is 1. The lowest BCUT2D eigenvalue weighted by Gasteiger charge is -2.27. The van der Waals surface area contributed by atoms with Crippen LogP contribution in [0, 0.1) is 17.3 Å². The van der Waals surface area contributed by atoms with Gasteiger partial charge in [0.15, 0.2) is 0 Å². The fourth-order valence-electron chi connectivity index (χ4n) is 0.929. The van der Waals surface area contributed by atoms with Crippen molar-refractivity contribution in [2.75, 3.05) is 0 Å². The summed E-state index contributed by atoms with van der Waals surface area (Å²) in [6.45, 7) is 11.0. The zero-order chi connectivity index (χ0) is 12.6. The Labute approximate surface area is 115 Å². The summed E-state index contributed by atoms with van der Waals surface area (Å²) in [5.74, 6) is 0.343. The van der Waals surface area contributed by atoms with E-state index in [1.807, 2.05) is 27.7 Å². The van der Waals surface area contributed by atoms with Crippen molar-refractivity contribution < 1.29 is 14.7 Å². The van der Waals surface area contributed by atoms with Crippen LogP contribution in [0.15, 0.2) is 0 Å². The van der Waals surface area contributed by atoms with Gasteiger partial charge in [0.25, 0.3) is 0 Å². The number of rotatable bonds is 4. The van der Waals surface area contributed by atoms with E-state index in [2.05, 4.69) is 0 Å². The predicted molar refractivity (Wildman–Crippen MR) is 81.8 cm³/mol. The highest BCUT2D eigenvalue weighted by molar-refractivity contribution is 5.59. The highest BCUT2D eigenvalue weighted by atomic mass is 16.3. The molecule has 0 saturated carbocycles. The van der Waals surface area contributed by atoms with Crippen LogP contribution in [0.1, 0.15) is 63.8 Å². The van der Waals surface area contributed by atoms with Gasteiger partial charge in [-0.15, -0.1) is 0 Å².